The van der Waals surface area contributed by atoms with E-state index in [2.05, 4.69) is 27.3 Å². The first-order valence-electron chi connectivity index (χ1n) is 8.92. The third-order valence-electron chi connectivity index (χ3n) is 4.76. The molecule has 0 spiro atoms. The number of hydrogen-bond acceptors (Lipinski definition) is 3. The number of pyridine rings is 1. The number of anilines is 2. The molecular formula is C21H20ClN3O. The smallest absolute Gasteiger partial charge is 0.255 e. The van der Waals surface area contributed by atoms with Gasteiger partial charge in [0.2, 0.25) is 0 Å². The number of rotatable bonds is 3. The molecule has 1 fully saturated rings. The molecule has 1 aromatic heterocycles. The number of halogens is 1. The lowest BCUT2D eigenvalue weighted by atomic mass is 10.1. The number of fused-ring (bicyclic) bond motifs is 1. The maximum Gasteiger partial charge on any atom is 0.255 e. The molecule has 2 aromatic carbocycles. The molecule has 1 aliphatic rings. The van der Waals surface area contributed by atoms with Crippen molar-refractivity contribution >= 4 is 39.8 Å². The Morgan fingerprint density at radius 2 is 1.73 bits per heavy atom. The molecule has 3 aromatic rings. The Kier molecular flexibility index (Phi) is 4.76. The first kappa shape index (κ1) is 16.9. The van der Waals surface area contributed by atoms with Gasteiger partial charge in [-0.25, -0.2) is 4.98 Å². The summed E-state index contributed by atoms with van der Waals surface area (Å²) >= 11 is 5.90. The van der Waals surface area contributed by atoms with Crippen LogP contribution in [0.25, 0.3) is 10.9 Å². The van der Waals surface area contributed by atoms with Gasteiger partial charge in [0.05, 0.1) is 5.52 Å². The van der Waals surface area contributed by atoms with Crippen LogP contribution in [0.5, 0.6) is 0 Å². The molecule has 0 saturated carbocycles. The molecule has 5 heteroatoms. The molecule has 2 heterocycles. The fraction of sp³-hybridized carbons (Fsp3) is 0.238. The topological polar surface area (TPSA) is 45.2 Å². The van der Waals surface area contributed by atoms with Crippen molar-refractivity contribution in [2.24, 2.45) is 0 Å². The molecule has 0 atom stereocenters. The van der Waals surface area contributed by atoms with E-state index in [0.29, 0.717) is 10.7 Å². The van der Waals surface area contributed by atoms with E-state index in [0.717, 1.165) is 29.7 Å². The van der Waals surface area contributed by atoms with Gasteiger partial charge < -0.3 is 10.2 Å². The van der Waals surface area contributed by atoms with E-state index in [4.69, 9.17) is 11.6 Å². The first-order valence-corrected chi connectivity index (χ1v) is 9.29. The van der Waals surface area contributed by atoms with Gasteiger partial charge >= 0.3 is 0 Å². The summed E-state index contributed by atoms with van der Waals surface area (Å²) < 4.78 is 0. The van der Waals surface area contributed by atoms with Crippen LogP contribution in [-0.4, -0.2) is 24.0 Å². The molecule has 0 unspecified atom stereocenters. The third kappa shape index (κ3) is 3.65. The standard InChI is InChI=1S/C21H20ClN3O/c22-20-11-5-15-14-16(4-10-19(15)24-20)21(26)23-17-6-8-18(9-7-17)25-12-2-1-3-13-25/h4-11,14H,1-3,12-13H2,(H,23,26). The predicted molar refractivity (Wildman–Crippen MR) is 107 cm³/mol. The highest BCUT2D eigenvalue weighted by Crippen LogP contribution is 2.23. The summed E-state index contributed by atoms with van der Waals surface area (Å²) in [5.41, 5.74) is 3.39. The van der Waals surface area contributed by atoms with Gasteiger partial charge in [-0.05, 0) is 73.9 Å². The van der Waals surface area contributed by atoms with Crippen molar-refractivity contribution in [2.45, 2.75) is 19.3 Å². The number of carbonyl (C=O) groups is 1. The zero-order chi connectivity index (χ0) is 17.9. The van der Waals surface area contributed by atoms with Crippen LogP contribution in [0.2, 0.25) is 5.15 Å². The SMILES string of the molecule is O=C(Nc1ccc(N2CCCCC2)cc1)c1ccc2nc(Cl)ccc2c1. The number of hydrogen-bond donors (Lipinski definition) is 1. The molecular weight excluding hydrogens is 346 g/mol. The molecule has 4 nitrogen and oxygen atoms in total. The highest BCUT2D eigenvalue weighted by Gasteiger charge is 2.12. The van der Waals surface area contributed by atoms with E-state index in [1.165, 1.54) is 24.9 Å². The minimum Gasteiger partial charge on any atom is -0.372 e. The van der Waals surface area contributed by atoms with E-state index < -0.39 is 0 Å². The van der Waals surface area contributed by atoms with Crippen molar-refractivity contribution in [1.29, 1.82) is 0 Å². The van der Waals surface area contributed by atoms with Crippen molar-refractivity contribution in [2.75, 3.05) is 23.3 Å². The summed E-state index contributed by atoms with van der Waals surface area (Å²) in [6, 6.07) is 17.1. The number of benzene rings is 2. The second kappa shape index (κ2) is 7.34. The number of aromatic nitrogens is 1. The zero-order valence-corrected chi connectivity index (χ0v) is 15.2. The minimum absolute atomic E-state index is 0.132. The Balaban J connectivity index is 1.48. The number of piperidine rings is 1. The Labute approximate surface area is 157 Å². The molecule has 4 rings (SSSR count). The average molecular weight is 366 g/mol. The highest BCUT2D eigenvalue weighted by atomic mass is 35.5. The van der Waals surface area contributed by atoms with E-state index in [1.807, 2.05) is 30.3 Å². The van der Waals surface area contributed by atoms with Crippen molar-refractivity contribution < 1.29 is 4.79 Å². The van der Waals surface area contributed by atoms with Crippen LogP contribution in [-0.2, 0) is 0 Å². The number of amides is 1. The fourth-order valence-electron chi connectivity index (χ4n) is 3.35. The fourth-order valence-corrected chi connectivity index (χ4v) is 3.51. The normalized spacial score (nSPS) is 14.4. The molecule has 0 bridgehead atoms. The molecule has 26 heavy (non-hydrogen) atoms. The summed E-state index contributed by atoms with van der Waals surface area (Å²) in [6.07, 6.45) is 3.82. The monoisotopic (exact) mass is 365 g/mol. The summed E-state index contributed by atoms with van der Waals surface area (Å²) in [5.74, 6) is -0.132. The second-order valence-electron chi connectivity index (χ2n) is 6.59. The van der Waals surface area contributed by atoms with Crippen LogP contribution < -0.4 is 10.2 Å². The van der Waals surface area contributed by atoms with E-state index in [1.54, 1.807) is 12.1 Å². The Morgan fingerprint density at radius 1 is 0.962 bits per heavy atom. The van der Waals surface area contributed by atoms with Gasteiger partial charge in [0.25, 0.3) is 5.91 Å². The Morgan fingerprint density at radius 3 is 2.50 bits per heavy atom. The van der Waals surface area contributed by atoms with E-state index in [9.17, 15) is 4.79 Å². The van der Waals surface area contributed by atoms with Gasteiger partial charge in [-0.2, -0.15) is 0 Å². The molecule has 0 aliphatic carbocycles. The molecule has 1 N–H and O–H groups in total. The lowest BCUT2D eigenvalue weighted by Crippen LogP contribution is -2.29. The van der Waals surface area contributed by atoms with E-state index >= 15 is 0 Å². The summed E-state index contributed by atoms with van der Waals surface area (Å²) in [4.78, 5) is 19.2. The summed E-state index contributed by atoms with van der Waals surface area (Å²) in [5, 5.41) is 4.30. The number of nitrogens with one attached hydrogen (secondary N) is 1. The molecule has 0 radical (unpaired) electrons. The lowest BCUT2D eigenvalue weighted by molar-refractivity contribution is 0.102. The number of nitrogens with zero attached hydrogens (tertiary/aromatic N) is 2. The van der Waals surface area contributed by atoms with Crippen molar-refractivity contribution in [1.82, 2.24) is 4.98 Å². The van der Waals surface area contributed by atoms with Crippen molar-refractivity contribution in [3.05, 3.63) is 65.3 Å². The molecule has 1 amide bonds. The van der Waals surface area contributed by atoms with Crippen molar-refractivity contribution in [3.8, 4) is 0 Å². The van der Waals surface area contributed by atoms with Crippen LogP contribution >= 0.6 is 11.6 Å². The van der Waals surface area contributed by atoms with Crippen LogP contribution in [0.3, 0.4) is 0 Å². The maximum absolute atomic E-state index is 12.5. The second-order valence-corrected chi connectivity index (χ2v) is 6.98. The summed E-state index contributed by atoms with van der Waals surface area (Å²) in [6.45, 7) is 2.22. The average Bonchev–Trinajstić information content (AvgIpc) is 2.69. The van der Waals surface area contributed by atoms with Crippen LogP contribution in [0.1, 0.15) is 29.6 Å². The number of carbonyl (C=O) groups excluding carboxylic acids is 1. The lowest BCUT2D eigenvalue weighted by Gasteiger charge is -2.28. The molecule has 132 valence electrons. The first-order chi connectivity index (χ1) is 12.7. The highest BCUT2D eigenvalue weighted by molar-refractivity contribution is 6.29. The Bertz CT molecular complexity index is 934. The van der Waals surface area contributed by atoms with Crippen LogP contribution in [0.15, 0.2) is 54.6 Å². The predicted octanol–water partition coefficient (Wildman–Crippen LogP) is 5.13. The largest absolute Gasteiger partial charge is 0.372 e. The zero-order valence-electron chi connectivity index (χ0n) is 14.4. The van der Waals surface area contributed by atoms with Gasteiger partial charge in [-0.3, -0.25) is 4.79 Å². The van der Waals surface area contributed by atoms with Gasteiger partial charge in [0, 0.05) is 35.4 Å². The maximum atomic E-state index is 12.5. The quantitative estimate of drug-likeness (QED) is 0.654. The van der Waals surface area contributed by atoms with Gasteiger partial charge in [-0.15, -0.1) is 0 Å². The van der Waals surface area contributed by atoms with Crippen LogP contribution in [0, 0.1) is 0 Å². The Hall–Kier alpha value is -2.59. The van der Waals surface area contributed by atoms with Gasteiger partial charge in [0.15, 0.2) is 0 Å². The molecule has 1 saturated heterocycles. The van der Waals surface area contributed by atoms with Gasteiger partial charge in [0.1, 0.15) is 5.15 Å². The van der Waals surface area contributed by atoms with Gasteiger partial charge in [-0.1, -0.05) is 11.6 Å². The third-order valence-corrected chi connectivity index (χ3v) is 4.97. The summed E-state index contributed by atoms with van der Waals surface area (Å²) in [7, 11) is 0. The van der Waals surface area contributed by atoms with E-state index in [-0.39, 0.29) is 5.91 Å². The minimum atomic E-state index is -0.132. The van der Waals surface area contributed by atoms with Crippen molar-refractivity contribution in [3.63, 3.8) is 0 Å². The molecule has 1 aliphatic heterocycles. The van der Waals surface area contributed by atoms with Crippen LogP contribution in [0.4, 0.5) is 11.4 Å².